The van der Waals surface area contributed by atoms with Gasteiger partial charge in [0.1, 0.15) is 23.0 Å². The van der Waals surface area contributed by atoms with Gasteiger partial charge in [-0.3, -0.25) is 5.32 Å². The van der Waals surface area contributed by atoms with Crippen molar-refractivity contribution in [2.45, 2.75) is 130 Å². The molecule has 0 bridgehead atoms. The third-order valence-electron chi connectivity index (χ3n) is 7.00. The van der Waals surface area contributed by atoms with E-state index < -0.39 is 41.2 Å². The molecule has 11 nitrogen and oxygen atoms in total. The largest absolute Gasteiger partial charge is 0.493 e. The number of ether oxygens (including phenoxy) is 3. The lowest BCUT2D eigenvalue weighted by molar-refractivity contribution is -0.138. The molecule has 1 aliphatic heterocycles. The molecule has 1 unspecified atom stereocenters. The topological polar surface area (TPSA) is 128 Å². The van der Waals surface area contributed by atoms with Crippen LogP contribution < -0.4 is 10.1 Å². The number of halogens is 3. The smallest absolute Gasteiger partial charge is 0.437 e. The Morgan fingerprint density at radius 2 is 1.66 bits per heavy atom. The molecule has 0 saturated carbocycles. The Balaban J connectivity index is 1.80. The molecule has 1 aliphatic rings. The van der Waals surface area contributed by atoms with E-state index >= 15 is 0 Å². The van der Waals surface area contributed by atoms with Gasteiger partial charge in [0, 0.05) is 12.1 Å². The zero-order valence-electron chi connectivity index (χ0n) is 28.5. The first kappa shape index (κ1) is 37.6. The molecule has 1 fully saturated rings. The summed E-state index contributed by atoms with van der Waals surface area (Å²) in [6.45, 7) is 12.8. The van der Waals surface area contributed by atoms with E-state index in [-0.39, 0.29) is 35.6 Å². The van der Waals surface area contributed by atoms with Crippen molar-refractivity contribution in [3.05, 3.63) is 29.7 Å². The Hall–Kier alpha value is -3.84. The number of nitrogens with one attached hydrogen (secondary N) is 1. The van der Waals surface area contributed by atoms with E-state index in [2.05, 4.69) is 27.4 Å². The Kier molecular flexibility index (Phi) is 13.1. The molecule has 1 aromatic heterocycles. The van der Waals surface area contributed by atoms with Crippen molar-refractivity contribution in [2.24, 2.45) is 4.99 Å². The summed E-state index contributed by atoms with van der Waals surface area (Å²) in [7, 11) is 0. The van der Waals surface area contributed by atoms with Crippen molar-refractivity contribution in [3.8, 4) is 17.1 Å². The molecule has 2 aromatic rings. The second-order valence-electron chi connectivity index (χ2n) is 13.5. The molecule has 14 heteroatoms. The summed E-state index contributed by atoms with van der Waals surface area (Å²) >= 11 is 0. The minimum Gasteiger partial charge on any atom is -0.493 e. The standard InChI is InChI=1S/C33H48F3N5O6/c1-8-9-10-11-12-13-14-20-44-25-18-17-22(21-23(25)33(34,35)36)26-37-27(47-40-26)24-16-15-19-41(24)28(38-29(42)45-31(2,3)4)39-30(43)46-32(5,6)7/h17-18,21,24H,8-16,19-20H2,1-7H3,(H,38,39,42,43). The average Bonchev–Trinajstić information content (AvgIpc) is 3.62. The number of aromatic nitrogens is 2. The number of nitrogens with zero attached hydrogens (tertiary/aromatic N) is 4. The van der Waals surface area contributed by atoms with Gasteiger partial charge in [-0.05, 0) is 79.0 Å². The second kappa shape index (κ2) is 16.3. The number of alkyl halides is 3. The number of unbranched alkanes of at least 4 members (excludes halogenated alkanes) is 6. The number of carbonyl (C=O) groups excluding carboxylic acids is 2. The molecular formula is C33H48F3N5O6. The molecule has 47 heavy (non-hydrogen) atoms. The lowest BCUT2D eigenvalue weighted by atomic mass is 10.1. The molecule has 1 aromatic carbocycles. The number of amides is 2. The van der Waals surface area contributed by atoms with Gasteiger partial charge in [-0.25, -0.2) is 9.59 Å². The van der Waals surface area contributed by atoms with Gasteiger partial charge in [0.2, 0.25) is 17.7 Å². The molecule has 0 radical (unpaired) electrons. The van der Waals surface area contributed by atoms with Gasteiger partial charge in [0.25, 0.3) is 0 Å². The highest BCUT2D eigenvalue weighted by Gasteiger charge is 2.37. The zero-order valence-corrected chi connectivity index (χ0v) is 28.5. The van der Waals surface area contributed by atoms with E-state index in [1.165, 1.54) is 18.6 Å². The molecular weight excluding hydrogens is 619 g/mol. The normalized spacial score (nSPS) is 15.9. The zero-order chi connectivity index (χ0) is 34.8. The van der Waals surface area contributed by atoms with Crippen molar-refractivity contribution < 1.29 is 41.5 Å². The summed E-state index contributed by atoms with van der Waals surface area (Å²) in [6, 6.07) is 3.03. The van der Waals surface area contributed by atoms with Crippen molar-refractivity contribution in [2.75, 3.05) is 13.2 Å². The summed E-state index contributed by atoms with van der Waals surface area (Å²) in [5.74, 6) is -0.374. The maximum absolute atomic E-state index is 14.1. The van der Waals surface area contributed by atoms with E-state index in [0.717, 1.165) is 38.2 Å². The summed E-state index contributed by atoms with van der Waals surface area (Å²) in [5.41, 5.74) is -2.50. The van der Waals surface area contributed by atoms with E-state index in [0.29, 0.717) is 25.8 Å². The highest BCUT2D eigenvalue weighted by Crippen LogP contribution is 2.39. The fourth-order valence-corrected chi connectivity index (χ4v) is 4.95. The van der Waals surface area contributed by atoms with Crippen LogP contribution in [-0.2, 0) is 15.7 Å². The molecule has 1 atom stereocenters. The van der Waals surface area contributed by atoms with Crippen LogP contribution in [0, 0.1) is 0 Å². The van der Waals surface area contributed by atoms with Crippen LogP contribution in [0.1, 0.15) is 124 Å². The van der Waals surface area contributed by atoms with Crippen molar-refractivity contribution in [3.63, 3.8) is 0 Å². The first-order valence-electron chi connectivity index (χ1n) is 16.2. The fraction of sp³-hybridized carbons (Fsp3) is 0.667. The Bertz CT molecular complexity index is 1360. The summed E-state index contributed by atoms with van der Waals surface area (Å²) in [5, 5.41) is 6.47. The molecule has 0 aliphatic carbocycles. The monoisotopic (exact) mass is 667 g/mol. The van der Waals surface area contributed by atoms with Crippen molar-refractivity contribution >= 4 is 18.1 Å². The van der Waals surface area contributed by atoms with Gasteiger partial charge in [-0.1, -0.05) is 50.6 Å². The molecule has 3 rings (SSSR count). The van der Waals surface area contributed by atoms with E-state index in [1.807, 2.05) is 0 Å². The number of aliphatic imine (C=N–C) groups is 1. The lowest BCUT2D eigenvalue weighted by Gasteiger charge is -2.27. The van der Waals surface area contributed by atoms with Crippen LogP contribution in [-0.4, -0.2) is 57.5 Å². The predicted molar refractivity (Wildman–Crippen MR) is 170 cm³/mol. The Labute approximate surface area is 274 Å². The van der Waals surface area contributed by atoms with Crippen LogP contribution in [0.25, 0.3) is 11.4 Å². The van der Waals surface area contributed by atoms with Gasteiger partial charge in [-0.15, -0.1) is 4.99 Å². The number of benzene rings is 1. The third-order valence-corrected chi connectivity index (χ3v) is 7.00. The molecule has 1 N–H and O–H groups in total. The average molecular weight is 668 g/mol. The first-order valence-corrected chi connectivity index (χ1v) is 16.2. The summed E-state index contributed by atoms with van der Waals surface area (Å²) < 4.78 is 63.9. The number of hydrogen-bond donors (Lipinski definition) is 1. The molecule has 0 spiro atoms. The van der Waals surface area contributed by atoms with Gasteiger partial charge in [0.05, 0.1) is 12.2 Å². The number of likely N-dealkylation sites (tertiary alicyclic amines) is 1. The molecule has 1 saturated heterocycles. The minimum atomic E-state index is -4.67. The van der Waals surface area contributed by atoms with E-state index in [1.54, 1.807) is 46.4 Å². The van der Waals surface area contributed by atoms with Crippen LogP contribution in [0.15, 0.2) is 27.7 Å². The Morgan fingerprint density at radius 3 is 2.30 bits per heavy atom. The maximum atomic E-state index is 14.1. The fourth-order valence-electron chi connectivity index (χ4n) is 4.95. The number of alkyl carbamates (subject to hydrolysis) is 1. The van der Waals surface area contributed by atoms with Gasteiger partial charge in [-0.2, -0.15) is 18.2 Å². The number of hydrogen-bond acceptors (Lipinski definition) is 8. The molecule has 2 amide bonds. The lowest BCUT2D eigenvalue weighted by Crippen LogP contribution is -2.46. The van der Waals surface area contributed by atoms with Crippen LogP contribution in [0.3, 0.4) is 0 Å². The quantitative estimate of drug-likeness (QED) is 0.142. The minimum absolute atomic E-state index is 0.0540. The molecule has 262 valence electrons. The number of carbonyl (C=O) groups is 2. The Morgan fingerprint density at radius 1 is 1.00 bits per heavy atom. The van der Waals surface area contributed by atoms with Crippen LogP contribution in [0.2, 0.25) is 0 Å². The highest BCUT2D eigenvalue weighted by molar-refractivity contribution is 5.99. The van der Waals surface area contributed by atoms with Crippen LogP contribution in [0.4, 0.5) is 22.8 Å². The van der Waals surface area contributed by atoms with Gasteiger partial charge >= 0.3 is 18.4 Å². The number of guanidine groups is 1. The SMILES string of the molecule is CCCCCCCCCOc1ccc(-c2noc(C3CCCN3C(=NC(=O)OC(C)(C)C)NC(=O)OC(C)(C)C)n2)cc1C(F)(F)F. The maximum Gasteiger partial charge on any atom is 0.437 e. The summed E-state index contributed by atoms with van der Waals surface area (Å²) in [4.78, 5) is 35.3. The van der Waals surface area contributed by atoms with E-state index in [9.17, 15) is 22.8 Å². The number of rotatable bonds is 11. The molecule has 2 heterocycles. The third kappa shape index (κ3) is 12.4. The first-order chi connectivity index (χ1) is 22.0. The second-order valence-corrected chi connectivity index (χ2v) is 13.5. The van der Waals surface area contributed by atoms with Crippen molar-refractivity contribution in [1.29, 1.82) is 0 Å². The van der Waals surface area contributed by atoms with E-state index in [4.69, 9.17) is 18.7 Å². The highest BCUT2D eigenvalue weighted by atomic mass is 19.4. The van der Waals surface area contributed by atoms with Crippen LogP contribution in [0.5, 0.6) is 5.75 Å². The predicted octanol–water partition coefficient (Wildman–Crippen LogP) is 8.84. The summed E-state index contributed by atoms with van der Waals surface area (Å²) in [6.07, 6.45) is 1.84. The van der Waals surface area contributed by atoms with Crippen molar-refractivity contribution in [1.82, 2.24) is 20.4 Å². The van der Waals surface area contributed by atoms with Crippen LogP contribution >= 0.6 is 0 Å². The van der Waals surface area contributed by atoms with Gasteiger partial charge in [0.15, 0.2) is 0 Å². The van der Waals surface area contributed by atoms with Gasteiger partial charge < -0.3 is 23.6 Å².